The van der Waals surface area contributed by atoms with E-state index in [1.165, 1.54) is 49.6 Å². The van der Waals surface area contributed by atoms with E-state index in [4.69, 9.17) is 9.97 Å². The first-order valence-electron chi connectivity index (χ1n) is 17.4. The maximum atomic E-state index is 5.40. The summed E-state index contributed by atoms with van der Waals surface area (Å²) >= 11 is 0. The Kier molecular flexibility index (Phi) is 5.81. The molecule has 0 aliphatic heterocycles. The molecule has 3 aliphatic carbocycles. The Bertz CT molecular complexity index is 2560. The van der Waals surface area contributed by atoms with Gasteiger partial charge in [-0.3, -0.25) is 0 Å². The number of hydrogen-bond acceptors (Lipinski definition) is 2. The Morgan fingerprint density at radius 1 is 0.592 bits per heavy atom. The quantitative estimate of drug-likeness (QED) is 0.194. The molecule has 5 aromatic carbocycles. The summed E-state index contributed by atoms with van der Waals surface area (Å²) in [7, 11) is 0. The second-order valence-corrected chi connectivity index (χ2v) is 15.1. The van der Waals surface area contributed by atoms with Crippen LogP contribution in [0.3, 0.4) is 0 Å². The van der Waals surface area contributed by atoms with Gasteiger partial charge in [-0.15, -0.1) is 0 Å². The van der Waals surface area contributed by atoms with Crippen LogP contribution in [0, 0.1) is 5.92 Å². The first-order chi connectivity index (χ1) is 23.8. The van der Waals surface area contributed by atoms with Crippen LogP contribution in [0.5, 0.6) is 0 Å². The van der Waals surface area contributed by atoms with Gasteiger partial charge in [-0.1, -0.05) is 137 Å². The average Bonchev–Trinajstić information content (AvgIpc) is 3.67. The van der Waals surface area contributed by atoms with Gasteiger partial charge in [0, 0.05) is 49.9 Å². The smallest absolute Gasteiger partial charge is 0.160 e. The van der Waals surface area contributed by atoms with Gasteiger partial charge >= 0.3 is 0 Å². The van der Waals surface area contributed by atoms with Crippen LogP contribution in [-0.2, 0) is 10.8 Å². The highest BCUT2D eigenvalue weighted by Gasteiger charge is 2.48. The monoisotopic (exact) mass is 631 g/mol. The Hall–Kier alpha value is -5.54. The second kappa shape index (κ2) is 9.99. The molecule has 49 heavy (non-hydrogen) atoms. The number of rotatable bonds is 3. The van der Waals surface area contributed by atoms with Crippen molar-refractivity contribution in [2.24, 2.45) is 5.92 Å². The highest BCUT2D eigenvalue weighted by molar-refractivity contribution is 6.11. The minimum Gasteiger partial charge on any atom is -0.309 e. The number of para-hydroxylation sites is 1. The molecule has 0 saturated carbocycles. The molecule has 2 heterocycles. The van der Waals surface area contributed by atoms with Crippen molar-refractivity contribution in [2.45, 2.75) is 44.4 Å². The maximum Gasteiger partial charge on any atom is 0.160 e. The van der Waals surface area contributed by atoms with Crippen LogP contribution in [0.2, 0.25) is 0 Å². The van der Waals surface area contributed by atoms with Crippen LogP contribution >= 0.6 is 0 Å². The summed E-state index contributed by atoms with van der Waals surface area (Å²) in [5.74, 6) is 1.35. The lowest BCUT2D eigenvalue weighted by atomic mass is 9.75. The van der Waals surface area contributed by atoms with Crippen LogP contribution in [0.15, 0.2) is 140 Å². The fourth-order valence-electron chi connectivity index (χ4n) is 9.18. The summed E-state index contributed by atoms with van der Waals surface area (Å²) in [5.41, 5.74) is 14.5. The molecule has 0 amide bonds. The lowest BCUT2D eigenvalue weighted by Gasteiger charge is -2.28. The molecule has 2 aromatic heterocycles. The predicted octanol–water partition coefficient (Wildman–Crippen LogP) is 11.3. The zero-order valence-corrected chi connectivity index (χ0v) is 28.3. The fourth-order valence-corrected chi connectivity index (χ4v) is 9.18. The number of benzene rings is 5. The maximum absolute atomic E-state index is 5.40. The van der Waals surface area contributed by atoms with E-state index in [1.807, 2.05) is 0 Å². The van der Waals surface area contributed by atoms with Gasteiger partial charge in [-0.05, 0) is 58.5 Å². The summed E-state index contributed by atoms with van der Waals surface area (Å²) in [5, 5.41) is 2.56. The summed E-state index contributed by atoms with van der Waals surface area (Å²) < 4.78 is 2.46. The summed E-state index contributed by atoms with van der Waals surface area (Å²) in [6.07, 6.45) is 9.10. The Balaban J connectivity index is 1.23. The number of fused-ring (bicyclic) bond motifs is 9. The minimum absolute atomic E-state index is 0.0541. The minimum atomic E-state index is -0.128. The molecule has 2 atom stereocenters. The number of hydrogen-bond donors (Lipinski definition) is 0. The number of allylic oxidation sites excluding steroid dienone is 4. The molecule has 0 spiro atoms. The second-order valence-electron chi connectivity index (χ2n) is 15.1. The lowest BCUT2D eigenvalue weighted by Crippen LogP contribution is -2.25. The van der Waals surface area contributed by atoms with Crippen molar-refractivity contribution in [1.29, 1.82) is 0 Å². The molecule has 0 bridgehead atoms. The lowest BCUT2D eigenvalue weighted by molar-refractivity contribution is 0.388. The van der Waals surface area contributed by atoms with Gasteiger partial charge < -0.3 is 4.57 Å². The Labute approximate surface area is 287 Å². The number of aromatic nitrogens is 3. The molecular weight excluding hydrogens is 595 g/mol. The van der Waals surface area contributed by atoms with E-state index in [0.717, 1.165) is 34.0 Å². The molecule has 0 radical (unpaired) electrons. The van der Waals surface area contributed by atoms with Gasteiger partial charge in [0.15, 0.2) is 5.82 Å². The molecule has 10 rings (SSSR count). The van der Waals surface area contributed by atoms with Gasteiger partial charge in [-0.2, -0.15) is 0 Å². The van der Waals surface area contributed by atoms with E-state index in [0.29, 0.717) is 5.92 Å². The van der Waals surface area contributed by atoms with Gasteiger partial charge in [0.1, 0.15) is 0 Å². The third-order valence-electron chi connectivity index (χ3n) is 11.6. The standard InChI is InChI=1S/C46H37N3/c1-45(2)36-22-11-8-19-31(36)34-27-40-35(26-38(34)45)32-20-10-13-24-39(32)49(40)30-18-14-17-29(25-30)42-41-33-21-9-12-23-37(33)46(3,4)43(41)48-44(47-42)28-15-6-5-7-16-28/h5-27,33,37H,1-4H3. The zero-order valence-electron chi connectivity index (χ0n) is 28.3. The van der Waals surface area contributed by atoms with Crippen molar-refractivity contribution in [3.63, 3.8) is 0 Å². The Morgan fingerprint density at radius 2 is 1.35 bits per heavy atom. The molecule has 3 heteroatoms. The van der Waals surface area contributed by atoms with Gasteiger partial charge in [0.2, 0.25) is 0 Å². The van der Waals surface area contributed by atoms with Crippen LogP contribution < -0.4 is 0 Å². The van der Waals surface area contributed by atoms with Crippen molar-refractivity contribution in [3.8, 4) is 39.5 Å². The van der Waals surface area contributed by atoms with Crippen LogP contribution in [-0.4, -0.2) is 14.5 Å². The van der Waals surface area contributed by atoms with Crippen LogP contribution in [0.25, 0.3) is 61.3 Å². The van der Waals surface area contributed by atoms with Gasteiger partial charge in [0.25, 0.3) is 0 Å². The molecule has 0 N–H and O–H groups in total. The van der Waals surface area contributed by atoms with Crippen molar-refractivity contribution in [3.05, 3.63) is 162 Å². The zero-order chi connectivity index (χ0) is 33.1. The van der Waals surface area contributed by atoms with Crippen molar-refractivity contribution in [2.75, 3.05) is 0 Å². The van der Waals surface area contributed by atoms with E-state index in [2.05, 4.69) is 172 Å². The van der Waals surface area contributed by atoms with Gasteiger partial charge in [-0.25, -0.2) is 9.97 Å². The van der Waals surface area contributed by atoms with Crippen molar-refractivity contribution < 1.29 is 0 Å². The molecule has 2 unspecified atom stereocenters. The molecule has 236 valence electrons. The molecular formula is C46H37N3. The van der Waals surface area contributed by atoms with E-state index in [-0.39, 0.29) is 16.7 Å². The van der Waals surface area contributed by atoms with E-state index in [9.17, 15) is 0 Å². The first kappa shape index (κ1) is 28.5. The first-order valence-corrected chi connectivity index (χ1v) is 17.4. The third kappa shape index (κ3) is 3.90. The fraction of sp³-hybridized carbons (Fsp3) is 0.174. The largest absolute Gasteiger partial charge is 0.309 e. The normalized spacial score (nSPS) is 19.2. The molecule has 3 nitrogen and oxygen atoms in total. The van der Waals surface area contributed by atoms with E-state index in [1.54, 1.807) is 0 Å². The summed E-state index contributed by atoms with van der Waals surface area (Å²) in [6.45, 7) is 9.41. The van der Waals surface area contributed by atoms with E-state index < -0.39 is 0 Å². The topological polar surface area (TPSA) is 30.7 Å². The predicted molar refractivity (Wildman–Crippen MR) is 202 cm³/mol. The third-order valence-corrected chi connectivity index (χ3v) is 11.6. The van der Waals surface area contributed by atoms with Crippen molar-refractivity contribution >= 4 is 21.8 Å². The van der Waals surface area contributed by atoms with Crippen molar-refractivity contribution in [1.82, 2.24) is 14.5 Å². The SMILES string of the molecule is CC1(C)c2ccccc2-c2cc3c(cc21)c1ccccc1n3-c1cccc(-c2nc(-c3ccccc3)nc3c2C2C=CC=CC2C3(C)C)c1. The van der Waals surface area contributed by atoms with E-state index >= 15 is 0 Å². The summed E-state index contributed by atoms with van der Waals surface area (Å²) in [6, 6.07) is 42.1. The van der Waals surface area contributed by atoms with Crippen LogP contribution in [0.1, 0.15) is 56.0 Å². The summed E-state index contributed by atoms with van der Waals surface area (Å²) in [4.78, 5) is 10.7. The molecule has 0 saturated heterocycles. The number of nitrogens with zero attached hydrogens (tertiary/aromatic N) is 3. The highest BCUT2D eigenvalue weighted by atomic mass is 15.0. The molecule has 0 fully saturated rings. The van der Waals surface area contributed by atoms with Gasteiger partial charge in [0.05, 0.1) is 22.4 Å². The highest BCUT2D eigenvalue weighted by Crippen LogP contribution is 2.55. The average molecular weight is 632 g/mol. The Morgan fingerprint density at radius 3 is 2.22 bits per heavy atom. The van der Waals surface area contributed by atoms with Crippen LogP contribution in [0.4, 0.5) is 0 Å². The molecule has 3 aliphatic rings. The molecule has 7 aromatic rings.